The molecule has 0 aromatic heterocycles. The number of carboxylic acids is 1. The number of aliphatic carboxylic acids is 1. The SMILES string of the molecule is N[C@@H]1CCN(C(=O)C(NS(=O)(=O)c2ccc3cc(OC4CCCC4)ccc3c2)C(F)(F)c2ccc(-c3ccc(Cl)cc3)cc2)CC1(F)F.O=C(O)C(F)(F)F. The Morgan fingerprint density at radius 1 is 0.873 bits per heavy atom. The fraction of sp³-hybridized carbons (Fsp3) is 0.351. The normalized spacial score (nSPS) is 18.3. The van der Waals surface area contributed by atoms with Gasteiger partial charge in [0.1, 0.15) is 5.75 Å². The number of benzene rings is 4. The summed E-state index contributed by atoms with van der Waals surface area (Å²) in [6.45, 7) is -1.57. The van der Waals surface area contributed by atoms with Crippen LogP contribution in [0, 0.1) is 0 Å². The van der Waals surface area contributed by atoms with Crippen molar-refractivity contribution in [2.75, 3.05) is 13.1 Å². The molecule has 1 saturated heterocycles. The molecule has 2 atom stereocenters. The summed E-state index contributed by atoms with van der Waals surface area (Å²) < 4.78 is 129. The Morgan fingerprint density at radius 2 is 1.42 bits per heavy atom. The number of carbonyl (C=O) groups is 2. The monoisotopic (exact) mass is 817 g/mol. The third-order valence-electron chi connectivity index (χ3n) is 9.24. The molecule has 55 heavy (non-hydrogen) atoms. The summed E-state index contributed by atoms with van der Waals surface area (Å²) in [4.78, 5) is 22.7. The number of piperidine rings is 1. The standard InChI is InChI=1S/C35H34ClF4N3O4S.C2HF3O2/c36-27-13-7-23(8-14-27)22-5-11-26(12-6-22)35(39,40)32(33(44)43-18-17-31(41)34(37,38)21-43)42-48(45,46)30-16-10-24-19-29(15-9-25(24)20-30)47-28-3-1-2-4-28;3-2(4,5)1(6)7/h5-16,19-20,28,31-32,42H,1-4,17-18,21,41H2;(H,6,7)/t31-,32?;/m1./s1. The molecule has 1 aliphatic carbocycles. The van der Waals surface area contributed by atoms with Crippen LogP contribution in [0.3, 0.4) is 0 Å². The molecule has 1 unspecified atom stereocenters. The number of sulfonamides is 1. The highest BCUT2D eigenvalue weighted by atomic mass is 35.5. The van der Waals surface area contributed by atoms with Crippen LogP contribution in [0.1, 0.15) is 37.7 Å². The van der Waals surface area contributed by atoms with Crippen LogP contribution < -0.4 is 15.2 Å². The van der Waals surface area contributed by atoms with Gasteiger partial charge in [-0.05, 0) is 90.4 Å². The predicted molar refractivity (Wildman–Crippen MR) is 190 cm³/mol. The van der Waals surface area contributed by atoms with Crippen LogP contribution in [0.5, 0.6) is 5.75 Å². The number of carboxylic acid groups (broad SMARTS) is 1. The first-order valence-electron chi connectivity index (χ1n) is 16.9. The van der Waals surface area contributed by atoms with Crippen molar-refractivity contribution in [1.29, 1.82) is 0 Å². The molecule has 9 nitrogen and oxygen atoms in total. The number of halogens is 8. The second-order valence-electron chi connectivity index (χ2n) is 13.2. The molecular weight excluding hydrogens is 783 g/mol. The minimum Gasteiger partial charge on any atom is -0.490 e. The molecule has 1 heterocycles. The number of hydrogen-bond donors (Lipinski definition) is 3. The number of amides is 1. The van der Waals surface area contributed by atoms with Gasteiger partial charge in [-0.25, -0.2) is 22.0 Å². The lowest BCUT2D eigenvalue weighted by molar-refractivity contribution is -0.192. The highest BCUT2D eigenvalue weighted by molar-refractivity contribution is 7.89. The van der Waals surface area contributed by atoms with Gasteiger partial charge in [-0.2, -0.15) is 26.7 Å². The fourth-order valence-corrected chi connectivity index (χ4v) is 7.52. The minimum atomic E-state index is -5.08. The van der Waals surface area contributed by atoms with Gasteiger partial charge in [0, 0.05) is 17.1 Å². The van der Waals surface area contributed by atoms with Gasteiger partial charge in [-0.3, -0.25) is 4.79 Å². The van der Waals surface area contributed by atoms with Crippen LogP contribution in [-0.2, 0) is 25.5 Å². The lowest BCUT2D eigenvalue weighted by Gasteiger charge is -2.39. The summed E-state index contributed by atoms with van der Waals surface area (Å²) in [5.74, 6) is -11.3. The van der Waals surface area contributed by atoms with Gasteiger partial charge in [0.25, 0.3) is 11.8 Å². The van der Waals surface area contributed by atoms with Crippen molar-refractivity contribution >= 4 is 44.3 Å². The van der Waals surface area contributed by atoms with Crippen molar-refractivity contribution in [2.45, 2.75) is 73.2 Å². The van der Waals surface area contributed by atoms with E-state index >= 15 is 8.78 Å². The number of nitrogens with one attached hydrogen (secondary N) is 1. The molecular formula is C37H35ClF7N3O6S. The quantitative estimate of drug-likeness (QED) is 0.147. The molecule has 0 bridgehead atoms. The van der Waals surface area contributed by atoms with E-state index in [1.807, 2.05) is 4.72 Å². The highest BCUT2D eigenvalue weighted by Gasteiger charge is 2.52. The van der Waals surface area contributed by atoms with E-state index in [4.69, 9.17) is 32.0 Å². The van der Waals surface area contributed by atoms with Crippen molar-refractivity contribution < 1.29 is 58.6 Å². The largest absolute Gasteiger partial charge is 0.490 e. The molecule has 1 aliphatic heterocycles. The number of likely N-dealkylation sites (tertiary alicyclic amines) is 1. The fourth-order valence-electron chi connectivity index (χ4n) is 6.17. The molecule has 4 aromatic carbocycles. The zero-order valence-corrected chi connectivity index (χ0v) is 30.3. The maximum absolute atomic E-state index is 16.4. The van der Waals surface area contributed by atoms with Crippen LogP contribution >= 0.6 is 11.6 Å². The number of rotatable bonds is 9. The van der Waals surface area contributed by atoms with E-state index in [0.29, 0.717) is 37.6 Å². The summed E-state index contributed by atoms with van der Waals surface area (Å²) >= 11 is 5.95. The average molecular weight is 818 g/mol. The van der Waals surface area contributed by atoms with Crippen LogP contribution in [0.4, 0.5) is 30.7 Å². The first-order chi connectivity index (χ1) is 25.7. The van der Waals surface area contributed by atoms with E-state index in [2.05, 4.69) is 0 Å². The molecule has 1 saturated carbocycles. The van der Waals surface area contributed by atoms with Crippen LogP contribution in [-0.4, -0.2) is 73.7 Å². The molecule has 6 rings (SSSR count). The zero-order chi connectivity index (χ0) is 40.3. The third kappa shape index (κ3) is 10.1. The number of nitrogens with zero attached hydrogens (tertiary/aromatic N) is 1. The maximum Gasteiger partial charge on any atom is 0.490 e. The van der Waals surface area contributed by atoms with Gasteiger partial charge in [-0.1, -0.05) is 60.1 Å². The van der Waals surface area contributed by atoms with E-state index in [0.717, 1.165) is 37.8 Å². The van der Waals surface area contributed by atoms with Crippen molar-refractivity contribution in [3.05, 3.63) is 95.5 Å². The summed E-state index contributed by atoms with van der Waals surface area (Å²) in [5, 5.41) is 8.77. The van der Waals surface area contributed by atoms with E-state index in [1.54, 1.807) is 42.5 Å². The van der Waals surface area contributed by atoms with Crippen molar-refractivity contribution in [3.8, 4) is 16.9 Å². The van der Waals surface area contributed by atoms with Crippen molar-refractivity contribution in [2.24, 2.45) is 5.73 Å². The van der Waals surface area contributed by atoms with Crippen molar-refractivity contribution in [1.82, 2.24) is 9.62 Å². The summed E-state index contributed by atoms with van der Waals surface area (Å²) in [6, 6.07) is 16.5. The number of hydrogen-bond acceptors (Lipinski definition) is 6. The zero-order valence-electron chi connectivity index (χ0n) is 28.7. The predicted octanol–water partition coefficient (Wildman–Crippen LogP) is 7.75. The van der Waals surface area contributed by atoms with Crippen LogP contribution in [0.2, 0.25) is 5.02 Å². The molecule has 18 heteroatoms. The number of ether oxygens (including phenoxy) is 1. The molecule has 1 amide bonds. The van der Waals surface area contributed by atoms with Gasteiger partial charge >= 0.3 is 12.1 Å². The Balaban J connectivity index is 0.000000757. The van der Waals surface area contributed by atoms with E-state index in [9.17, 15) is 35.2 Å². The molecule has 0 spiro atoms. The molecule has 4 N–H and O–H groups in total. The van der Waals surface area contributed by atoms with Gasteiger partial charge in [0.05, 0.1) is 23.6 Å². The van der Waals surface area contributed by atoms with Crippen LogP contribution in [0.15, 0.2) is 89.8 Å². The second kappa shape index (κ2) is 16.3. The smallest absolute Gasteiger partial charge is 0.490 e. The van der Waals surface area contributed by atoms with E-state index in [1.165, 1.54) is 30.3 Å². The van der Waals surface area contributed by atoms with Crippen molar-refractivity contribution in [3.63, 3.8) is 0 Å². The van der Waals surface area contributed by atoms with Crippen LogP contribution in [0.25, 0.3) is 21.9 Å². The highest BCUT2D eigenvalue weighted by Crippen LogP contribution is 2.37. The lowest BCUT2D eigenvalue weighted by atomic mass is 9.95. The Morgan fingerprint density at radius 3 is 1.98 bits per heavy atom. The molecule has 0 radical (unpaired) electrons. The maximum atomic E-state index is 16.4. The minimum absolute atomic E-state index is 0.117. The van der Waals surface area contributed by atoms with E-state index < -0.39 is 64.1 Å². The number of fused-ring (bicyclic) bond motifs is 1. The molecule has 2 aliphatic rings. The number of carbonyl (C=O) groups excluding carboxylic acids is 1. The Bertz CT molecular complexity index is 2110. The molecule has 2 fully saturated rings. The Kier molecular flexibility index (Phi) is 12.4. The number of nitrogens with two attached hydrogens (primary N) is 1. The Labute approximate surface area is 316 Å². The Hall–Kier alpha value is -4.45. The van der Waals surface area contributed by atoms with Gasteiger partial charge in [0.2, 0.25) is 15.9 Å². The number of alkyl halides is 7. The molecule has 296 valence electrons. The van der Waals surface area contributed by atoms with E-state index in [-0.39, 0.29) is 24.0 Å². The summed E-state index contributed by atoms with van der Waals surface area (Å²) in [7, 11) is -4.78. The molecule has 4 aromatic rings. The average Bonchev–Trinajstić information content (AvgIpc) is 3.64. The lowest BCUT2D eigenvalue weighted by Crippen LogP contribution is -2.62. The topological polar surface area (TPSA) is 139 Å². The van der Waals surface area contributed by atoms with Gasteiger partial charge in [-0.15, -0.1) is 0 Å². The first kappa shape index (κ1) is 41.7. The summed E-state index contributed by atoms with van der Waals surface area (Å²) in [5.41, 5.74) is 6.07. The third-order valence-corrected chi connectivity index (χ3v) is 10.9. The first-order valence-corrected chi connectivity index (χ1v) is 18.7. The van der Waals surface area contributed by atoms with Gasteiger partial charge in [0.15, 0.2) is 6.04 Å². The van der Waals surface area contributed by atoms with Gasteiger partial charge < -0.3 is 20.5 Å². The summed E-state index contributed by atoms with van der Waals surface area (Å²) in [6.07, 6.45) is -1.21. The second-order valence-corrected chi connectivity index (χ2v) is 15.3.